The van der Waals surface area contributed by atoms with Gasteiger partial charge in [0.15, 0.2) is 11.2 Å². The number of hydrogen-bond donors (Lipinski definition) is 2. The maximum atomic E-state index is 12.5. The zero-order valence-electron chi connectivity index (χ0n) is 14.4. The number of nitrogens with zero attached hydrogens (tertiary/aromatic N) is 2. The standard InChI is InChI=1S/C19H14N4O4S/c20-16(25)12-9-14(11-5-2-1-3-6-11)28-18(12)22-15(24)10-23-17-13(27-19(23)26)7-4-8-21-17/h1-9H,10H2,(H2,20,25)(H,22,24). The van der Waals surface area contributed by atoms with Crippen LogP contribution in [0.5, 0.6) is 0 Å². The number of fused-ring (bicyclic) bond motifs is 1. The van der Waals surface area contributed by atoms with Gasteiger partial charge in [-0.15, -0.1) is 11.3 Å². The van der Waals surface area contributed by atoms with Crippen molar-refractivity contribution in [1.29, 1.82) is 0 Å². The van der Waals surface area contributed by atoms with Crippen molar-refractivity contribution in [1.82, 2.24) is 9.55 Å². The van der Waals surface area contributed by atoms with E-state index in [4.69, 9.17) is 10.2 Å². The maximum absolute atomic E-state index is 12.5. The van der Waals surface area contributed by atoms with E-state index in [9.17, 15) is 14.4 Å². The van der Waals surface area contributed by atoms with Gasteiger partial charge in [0.05, 0.1) is 5.56 Å². The summed E-state index contributed by atoms with van der Waals surface area (Å²) in [4.78, 5) is 41.2. The summed E-state index contributed by atoms with van der Waals surface area (Å²) in [6.45, 7) is -0.306. The van der Waals surface area contributed by atoms with E-state index in [0.717, 1.165) is 15.0 Å². The summed E-state index contributed by atoms with van der Waals surface area (Å²) in [7, 11) is 0. The zero-order valence-corrected chi connectivity index (χ0v) is 15.2. The van der Waals surface area contributed by atoms with Crippen LogP contribution in [0.1, 0.15) is 10.4 Å². The van der Waals surface area contributed by atoms with E-state index in [2.05, 4.69) is 10.3 Å². The van der Waals surface area contributed by atoms with Crippen LogP contribution in [0.2, 0.25) is 0 Å². The van der Waals surface area contributed by atoms with Gasteiger partial charge in [-0.05, 0) is 23.8 Å². The Hall–Kier alpha value is -3.72. The predicted octanol–water partition coefficient (Wildman–Crippen LogP) is 2.46. The Morgan fingerprint density at radius 1 is 1.18 bits per heavy atom. The summed E-state index contributed by atoms with van der Waals surface area (Å²) in [6, 6.07) is 14.3. The number of thiophene rings is 1. The third kappa shape index (κ3) is 3.30. The van der Waals surface area contributed by atoms with Crippen LogP contribution in [0.3, 0.4) is 0 Å². The van der Waals surface area contributed by atoms with Gasteiger partial charge in [-0.1, -0.05) is 30.3 Å². The number of benzene rings is 1. The number of carbonyl (C=O) groups is 2. The van der Waals surface area contributed by atoms with Crippen molar-refractivity contribution in [2.75, 3.05) is 5.32 Å². The number of rotatable bonds is 5. The summed E-state index contributed by atoms with van der Waals surface area (Å²) in [5.74, 6) is -1.84. The first-order valence-corrected chi connectivity index (χ1v) is 9.08. The first-order chi connectivity index (χ1) is 13.5. The summed E-state index contributed by atoms with van der Waals surface area (Å²) < 4.78 is 6.19. The van der Waals surface area contributed by atoms with E-state index < -0.39 is 17.6 Å². The molecule has 0 atom stereocenters. The van der Waals surface area contributed by atoms with Crippen molar-refractivity contribution in [3.8, 4) is 10.4 Å². The van der Waals surface area contributed by atoms with Gasteiger partial charge in [-0.2, -0.15) is 0 Å². The van der Waals surface area contributed by atoms with Crippen LogP contribution in [0, 0.1) is 0 Å². The lowest BCUT2D eigenvalue weighted by atomic mass is 10.1. The number of nitrogens with one attached hydrogen (secondary N) is 1. The molecule has 0 fully saturated rings. The van der Waals surface area contributed by atoms with Gasteiger partial charge in [0.2, 0.25) is 5.91 Å². The largest absolute Gasteiger partial charge is 0.421 e. The molecule has 0 aliphatic rings. The van der Waals surface area contributed by atoms with Gasteiger partial charge < -0.3 is 15.5 Å². The first kappa shape index (κ1) is 17.7. The molecular formula is C19H14N4O4S. The molecule has 1 aromatic carbocycles. The number of hydrogen-bond acceptors (Lipinski definition) is 6. The smallest absolute Gasteiger partial charge is 0.406 e. The Labute approximate surface area is 162 Å². The van der Waals surface area contributed by atoms with Crippen molar-refractivity contribution >= 4 is 39.4 Å². The molecule has 140 valence electrons. The van der Waals surface area contributed by atoms with E-state index in [1.54, 1.807) is 18.2 Å². The first-order valence-electron chi connectivity index (χ1n) is 8.26. The summed E-state index contributed by atoms with van der Waals surface area (Å²) >= 11 is 1.23. The van der Waals surface area contributed by atoms with Crippen LogP contribution in [-0.2, 0) is 11.3 Å². The van der Waals surface area contributed by atoms with Gasteiger partial charge in [-0.3, -0.25) is 9.59 Å². The van der Waals surface area contributed by atoms with E-state index in [0.29, 0.717) is 10.6 Å². The fraction of sp³-hybridized carbons (Fsp3) is 0.0526. The lowest BCUT2D eigenvalue weighted by Crippen LogP contribution is -2.25. The quantitative estimate of drug-likeness (QED) is 0.539. The van der Waals surface area contributed by atoms with E-state index >= 15 is 0 Å². The van der Waals surface area contributed by atoms with Crippen LogP contribution in [0.4, 0.5) is 5.00 Å². The molecule has 0 bridgehead atoms. The molecule has 28 heavy (non-hydrogen) atoms. The van der Waals surface area contributed by atoms with Crippen LogP contribution >= 0.6 is 11.3 Å². The average molecular weight is 394 g/mol. The molecule has 4 rings (SSSR count). The minimum absolute atomic E-state index is 0.208. The van der Waals surface area contributed by atoms with Crippen molar-refractivity contribution < 1.29 is 14.0 Å². The van der Waals surface area contributed by atoms with Gasteiger partial charge in [0, 0.05) is 11.1 Å². The molecule has 2 amide bonds. The number of carbonyl (C=O) groups excluding carboxylic acids is 2. The minimum atomic E-state index is -0.685. The monoisotopic (exact) mass is 394 g/mol. The molecule has 4 aromatic rings. The molecule has 0 spiro atoms. The Kier molecular flexibility index (Phi) is 4.50. The number of nitrogens with two attached hydrogens (primary N) is 1. The zero-order chi connectivity index (χ0) is 19.7. The highest BCUT2D eigenvalue weighted by atomic mass is 32.1. The third-order valence-corrected chi connectivity index (χ3v) is 5.13. The highest BCUT2D eigenvalue weighted by Crippen LogP contribution is 2.35. The maximum Gasteiger partial charge on any atom is 0.421 e. The molecule has 0 unspecified atom stereocenters. The molecule has 0 saturated carbocycles. The fourth-order valence-corrected chi connectivity index (χ4v) is 3.85. The molecule has 0 radical (unpaired) electrons. The normalized spacial score (nSPS) is 10.9. The Morgan fingerprint density at radius 2 is 1.96 bits per heavy atom. The Morgan fingerprint density at radius 3 is 2.71 bits per heavy atom. The molecule has 3 N–H and O–H groups in total. The molecule has 0 aliphatic carbocycles. The number of anilines is 1. The number of aromatic nitrogens is 2. The SMILES string of the molecule is NC(=O)c1cc(-c2ccccc2)sc1NC(=O)Cn1c(=O)oc2cccnc21. The molecule has 0 aliphatic heterocycles. The van der Waals surface area contributed by atoms with Crippen molar-refractivity contribution in [2.45, 2.75) is 6.54 Å². The van der Waals surface area contributed by atoms with Crippen LogP contribution in [0.25, 0.3) is 21.7 Å². The van der Waals surface area contributed by atoms with Crippen molar-refractivity contribution in [3.63, 3.8) is 0 Å². The van der Waals surface area contributed by atoms with Gasteiger partial charge in [0.1, 0.15) is 11.5 Å². The van der Waals surface area contributed by atoms with Crippen LogP contribution in [-0.4, -0.2) is 21.4 Å². The number of amides is 2. The molecule has 3 aromatic heterocycles. The Bertz CT molecular complexity index is 1240. The topological polar surface area (TPSA) is 120 Å². The summed E-state index contributed by atoms with van der Waals surface area (Å²) in [5, 5.41) is 2.99. The number of oxazole rings is 1. The minimum Gasteiger partial charge on any atom is -0.406 e. The lowest BCUT2D eigenvalue weighted by molar-refractivity contribution is -0.116. The van der Waals surface area contributed by atoms with E-state index in [1.165, 1.54) is 17.5 Å². The molecule has 3 heterocycles. The Balaban J connectivity index is 1.62. The molecule has 8 nitrogen and oxygen atoms in total. The molecular weight excluding hydrogens is 380 g/mol. The van der Waals surface area contributed by atoms with Gasteiger partial charge in [-0.25, -0.2) is 14.3 Å². The predicted molar refractivity (Wildman–Crippen MR) is 105 cm³/mol. The lowest BCUT2D eigenvalue weighted by Gasteiger charge is -2.04. The second kappa shape index (κ2) is 7.12. The third-order valence-electron chi connectivity index (χ3n) is 4.03. The summed E-state index contributed by atoms with van der Waals surface area (Å²) in [5.41, 5.74) is 7.12. The number of pyridine rings is 1. The molecule has 9 heteroatoms. The van der Waals surface area contributed by atoms with Crippen molar-refractivity contribution in [3.05, 3.63) is 70.8 Å². The highest BCUT2D eigenvalue weighted by molar-refractivity contribution is 7.20. The van der Waals surface area contributed by atoms with E-state index in [1.807, 2.05) is 30.3 Å². The van der Waals surface area contributed by atoms with Gasteiger partial charge in [0.25, 0.3) is 5.91 Å². The van der Waals surface area contributed by atoms with Crippen molar-refractivity contribution in [2.24, 2.45) is 5.73 Å². The fourth-order valence-electron chi connectivity index (χ4n) is 2.76. The molecule has 0 saturated heterocycles. The van der Waals surface area contributed by atoms with Crippen LogP contribution < -0.4 is 16.8 Å². The van der Waals surface area contributed by atoms with E-state index in [-0.39, 0.29) is 17.8 Å². The average Bonchev–Trinajstić information content (AvgIpc) is 3.24. The van der Waals surface area contributed by atoms with Gasteiger partial charge >= 0.3 is 5.76 Å². The summed E-state index contributed by atoms with van der Waals surface area (Å²) in [6.07, 6.45) is 1.50. The second-order valence-electron chi connectivity index (χ2n) is 5.91. The second-order valence-corrected chi connectivity index (χ2v) is 6.96. The highest BCUT2D eigenvalue weighted by Gasteiger charge is 2.19. The number of primary amides is 1. The van der Waals surface area contributed by atoms with Crippen LogP contribution in [0.15, 0.2) is 63.9 Å².